The van der Waals surface area contributed by atoms with Crippen LogP contribution in [-0.4, -0.2) is 34.4 Å². The molecule has 0 aliphatic heterocycles. The highest BCUT2D eigenvalue weighted by Gasteiger charge is 2.19. The van der Waals surface area contributed by atoms with Gasteiger partial charge in [-0.05, 0) is 30.0 Å². The van der Waals surface area contributed by atoms with Gasteiger partial charge in [-0.3, -0.25) is 13.7 Å². The molecule has 3 aromatic rings. The van der Waals surface area contributed by atoms with E-state index in [-0.39, 0.29) is 5.78 Å². The lowest BCUT2D eigenvalue weighted by molar-refractivity contribution is 0.103. The maximum Gasteiger partial charge on any atom is 0.261 e. The van der Waals surface area contributed by atoms with E-state index in [0.717, 1.165) is 22.6 Å². The first-order valence-electron chi connectivity index (χ1n) is 6.78. The van der Waals surface area contributed by atoms with Crippen LogP contribution in [0.5, 0.6) is 0 Å². The number of pyridine rings is 1. The molecule has 3 aromatic heterocycles. The smallest absolute Gasteiger partial charge is 0.261 e. The van der Waals surface area contributed by atoms with Crippen molar-refractivity contribution in [2.75, 3.05) is 6.26 Å². The van der Waals surface area contributed by atoms with Gasteiger partial charge in [0, 0.05) is 6.20 Å². The number of fused-ring (bicyclic) bond motifs is 1. The van der Waals surface area contributed by atoms with E-state index in [1.165, 1.54) is 11.3 Å². The number of aryl methyl sites for hydroxylation is 1. The Morgan fingerprint density at radius 3 is 2.57 bits per heavy atom. The maximum atomic E-state index is 12.5. The molecule has 122 valence electrons. The number of rotatable bonds is 3. The van der Waals surface area contributed by atoms with Crippen LogP contribution in [0.4, 0.5) is 0 Å². The van der Waals surface area contributed by atoms with Crippen LogP contribution in [0, 0.1) is 0 Å². The van der Waals surface area contributed by atoms with Crippen molar-refractivity contribution in [2.45, 2.75) is 13.3 Å². The van der Waals surface area contributed by atoms with Gasteiger partial charge < -0.3 is 0 Å². The second-order valence-electron chi connectivity index (χ2n) is 4.73. The van der Waals surface area contributed by atoms with E-state index in [0.29, 0.717) is 11.9 Å². The molecule has 0 bridgehead atoms. The molecule has 6 nitrogen and oxygen atoms in total. The van der Waals surface area contributed by atoms with Crippen molar-refractivity contribution in [1.29, 1.82) is 0 Å². The fourth-order valence-electron chi connectivity index (χ4n) is 2.06. The molecule has 3 rings (SSSR count). The lowest BCUT2D eigenvalue weighted by Crippen LogP contribution is -2.06. The number of imidazole rings is 1. The molecule has 0 spiro atoms. The van der Waals surface area contributed by atoms with Crippen molar-refractivity contribution < 1.29 is 17.8 Å². The first-order chi connectivity index (χ1) is 10.8. The second-order valence-corrected chi connectivity index (χ2v) is 7.14. The molecule has 0 radical (unpaired) electrons. The van der Waals surface area contributed by atoms with Crippen LogP contribution >= 0.6 is 11.3 Å². The van der Waals surface area contributed by atoms with E-state index >= 15 is 0 Å². The Kier molecular flexibility index (Phi) is 5.30. The Morgan fingerprint density at radius 1 is 1.30 bits per heavy atom. The minimum Gasteiger partial charge on any atom is -0.296 e. The van der Waals surface area contributed by atoms with Crippen LogP contribution < -0.4 is 0 Å². The third-order valence-corrected chi connectivity index (χ3v) is 3.77. The van der Waals surface area contributed by atoms with Gasteiger partial charge in [0.2, 0.25) is 5.78 Å². The summed E-state index contributed by atoms with van der Waals surface area (Å²) in [5, 5.41) is 1.92. The van der Waals surface area contributed by atoms with Gasteiger partial charge in [0.15, 0.2) is 0 Å². The molecule has 0 fully saturated rings. The van der Waals surface area contributed by atoms with Gasteiger partial charge in [0.05, 0.1) is 16.8 Å². The van der Waals surface area contributed by atoms with Crippen molar-refractivity contribution in [1.82, 2.24) is 9.38 Å². The molecule has 0 aromatic carbocycles. The zero-order valence-electron chi connectivity index (χ0n) is 12.6. The molecule has 0 amide bonds. The van der Waals surface area contributed by atoms with Crippen molar-refractivity contribution in [3.8, 4) is 0 Å². The predicted octanol–water partition coefficient (Wildman–Crippen LogP) is 2.69. The van der Waals surface area contributed by atoms with Gasteiger partial charge in [-0.2, -0.15) is 8.42 Å². The number of hydrogen-bond donors (Lipinski definition) is 1. The minimum absolute atomic E-state index is 0.0561. The summed E-state index contributed by atoms with van der Waals surface area (Å²) in [4.78, 5) is 17.8. The standard InChI is InChI=1S/C14H12N2OS.CH4O3S/c1-2-10-13(14(17)11-6-5-9-18-11)16-8-4-3-7-12(16)15-10;1-5(2,3)4/h3-9H,2H2,1H3;1H3,(H,2,3,4). The van der Waals surface area contributed by atoms with Crippen LogP contribution in [0.25, 0.3) is 5.65 Å². The van der Waals surface area contributed by atoms with Gasteiger partial charge in [-0.15, -0.1) is 11.3 Å². The SMILES string of the molecule is CCc1nc2ccccn2c1C(=O)c1cccs1.CS(=O)(=O)O. The molecule has 23 heavy (non-hydrogen) atoms. The maximum absolute atomic E-state index is 12.5. The average Bonchev–Trinajstić information content (AvgIpc) is 3.12. The molecule has 0 unspecified atom stereocenters. The van der Waals surface area contributed by atoms with Gasteiger partial charge in [-0.25, -0.2) is 4.98 Å². The number of aromatic nitrogens is 2. The normalized spacial score (nSPS) is 11.1. The van der Waals surface area contributed by atoms with E-state index in [1.807, 2.05) is 53.2 Å². The number of ketones is 1. The molecule has 1 N–H and O–H groups in total. The van der Waals surface area contributed by atoms with Crippen LogP contribution in [0.1, 0.15) is 28.0 Å². The van der Waals surface area contributed by atoms with Gasteiger partial charge >= 0.3 is 0 Å². The minimum atomic E-state index is -3.67. The van der Waals surface area contributed by atoms with E-state index in [2.05, 4.69) is 4.98 Å². The second kappa shape index (κ2) is 7.03. The third-order valence-electron chi connectivity index (χ3n) is 2.90. The van der Waals surface area contributed by atoms with E-state index in [1.54, 1.807) is 0 Å². The zero-order valence-corrected chi connectivity index (χ0v) is 14.3. The molecular weight excluding hydrogens is 336 g/mol. The van der Waals surface area contributed by atoms with E-state index in [9.17, 15) is 13.2 Å². The van der Waals surface area contributed by atoms with E-state index in [4.69, 9.17) is 4.55 Å². The Balaban J connectivity index is 0.000000338. The fourth-order valence-corrected chi connectivity index (χ4v) is 2.72. The quantitative estimate of drug-likeness (QED) is 0.578. The summed E-state index contributed by atoms with van der Waals surface area (Å²) in [6.45, 7) is 2.02. The van der Waals surface area contributed by atoms with Crippen molar-refractivity contribution in [2.24, 2.45) is 0 Å². The number of nitrogens with zero attached hydrogens (tertiary/aromatic N) is 2. The van der Waals surface area contributed by atoms with Crippen molar-refractivity contribution >= 4 is 32.9 Å². The molecule has 3 heterocycles. The highest BCUT2D eigenvalue weighted by Crippen LogP contribution is 2.20. The highest BCUT2D eigenvalue weighted by atomic mass is 32.2. The highest BCUT2D eigenvalue weighted by molar-refractivity contribution is 7.85. The molecule has 0 aliphatic carbocycles. The van der Waals surface area contributed by atoms with E-state index < -0.39 is 10.1 Å². The Morgan fingerprint density at radius 2 is 2.00 bits per heavy atom. The van der Waals surface area contributed by atoms with Crippen LogP contribution in [0.3, 0.4) is 0 Å². The third kappa shape index (κ3) is 4.47. The fraction of sp³-hybridized carbons (Fsp3) is 0.200. The molecular formula is C15H16N2O4S2. The van der Waals surface area contributed by atoms with Crippen molar-refractivity contribution in [3.63, 3.8) is 0 Å². The van der Waals surface area contributed by atoms with Crippen LogP contribution in [0.2, 0.25) is 0 Å². The first kappa shape index (κ1) is 17.3. The molecule has 8 heteroatoms. The zero-order chi connectivity index (χ0) is 17.0. The summed E-state index contributed by atoms with van der Waals surface area (Å²) in [7, 11) is -3.67. The number of carbonyl (C=O) groups excluding carboxylic acids is 1. The van der Waals surface area contributed by atoms with Gasteiger partial charge in [0.1, 0.15) is 11.3 Å². The first-order valence-corrected chi connectivity index (χ1v) is 9.50. The topological polar surface area (TPSA) is 88.7 Å². The molecule has 0 aliphatic rings. The van der Waals surface area contributed by atoms with Crippen LogP contribution in [0.15, 0.2) is 41.9 Å². The molecule has 0 saturated carbocycles. The Hall–Kier alpha value is -2.03. The Labute approximate surface area is 138 Å². The Bertz CT molecular complexity index is 904. The largest absolute Gasteiger partial charge is 0.296 e. The van der Waals surface area contributed by atoms with Crippen LogP contribution in [-0.2, 0) is 16.5 Å². The molecule has 0 atom stereocenters. The van der Waals surface area contributed by atoms with Gasteiger partial charge in [-0.1, -0.05) is 19.1 Å². The summed E-state index contributed by atoms with van der Waals surface area (Å²) in [6.07, 6.45) is 3.36. The summed E-state index contributed by atoms with van der Waals surface area (Å²) in [5.41, 5.74) is 2.38. The van der Waals surface area contributed by atoms with Crippen molar-refractivity contribution in [3.05, 3.63) is 58.2 Å². The monoisotopic (exact) mass is 352 g/mol. The summed E-state index contributed by atoms with van der Waals surface area (Å²) in [6, 6.07) is 9.52. The summed E-state index contributed by atoms with van der Waals surface area (Å²) in [5.74, 6) is 0.0561. The number of thiophene rings is 1. The average molecular weight is 352 g/mol. The lowest BCUT2D eigenvalue weighted by Gasteiger charge is -2.01. The van der Waals surface area contributed by atoms with Gasteiger partial charge in [0.25, 0.3) is 10.1 Å². The lowest BCUT2D eigenvalue weighted by atomic mass is 10.1. The number of carbonyl (C=O) groups is 1. The summed E-state index contributed by atoms with van der Waals surface area (Å²) >= 11 is 1.47. The predicted molar refractivity (Wildman–Crippen MR) is 89.8 cm³/mol. The molecule has 0 saturated heterocycles. The summed E-state index contributed by atoms with van der Waals surface area (Å²) < 4.78 is 27.7. The number of hydrogen-bond acceptors (Lipinski definition) is 5.